The van der Waals surface area contributed by atoms with E-state index >= 15 is 0 Å². The van der Waals surface area contributed by atoms with Gasteiger partial charge in [0.05, 0.1) is 24.2 Å². The van der Waals surface area contributed by atoms with E-state index < -0.39 is 34.1 Å². The number of halogens is 1. The summed E-state index contributed by atoms with van der Waals surface area (Å²) in [6.07, 6.45) is 1.16. The first-order chi connectivity index (χ1) is 15.1. The van der Waals surface area contributed by atoms with Gasteiger partial charge in [0.2, 0.25) is 10.0 Å². The summed E-state index contributed by atoms with van der Waals surface area (Å²) in [7, 11) is -4.09. The second kappa shape index (κ2) is 9.93. The molecule has 1 aliphatic heterocycles. The molecule has 32 heavy (non-hydrogen) atoms. The minimum atomic E-state index is -4.09. The van der Waals surface area contributed by atoms with Crippen LogP contribution in [0.4, 0.5) is 4.39 Å². The molecule has 0 bridgehead atoms. The lowest BCUT2D eigenvalue weighted by atomic mass is 10.1. The maximum atomic E-state index is 13.3. The molecular weight excluding hydrogens is 439 g/mol. The third kappa shape index (κ3) is 5.08. The van der Waals surface area contributed by atoms with Gasteiger partial charge >= 0.3 is 5.97 Å². The summed E-state index contributed by atoms with van der Waals surface area (Å²) < 4.78 is 51.5. The van der Waals surface area contributed by atoms with Gasteiger partial charge < -0.3 is 14.5 Å². The monoisotopic (exact) mass is 466 g/mol. The Morgan fingerprint density at radius 2 is 1.94 bits per heavy atom. The van der Waals surface area contributed by atoms with E-state index in [0.717, 1.165) is 22.9 Å². The lowest BCUT2D eigenvalue weighted by Crippen LogP contribution is -2.41. The highest BCUT2D eigenvalue weighted by Gasteiger charge is 2.32. The molecule has 2 heterocycles. The van der Waals surface area contributed by atoms with E-state index in [1.165, 1.54) is 12.1 Å². The van der Waals surface area contributed by atoms with Crippen LogP contribution >= 0.6 is 0 Å². The molecule has 1 aromatic heterocycles. The second-order valence-corrected chi connectivity index (χ2v) is 9.59. The molecule has 1 aromatic carbocycles. The minimum absolute atomic E-state index is 0.00129. The molecule has 0 saturated carbocycles. The van der Waals surface area contributed by atoms with Gasteiger partial charge in [-0.05, 0) is 63.4 Å². The summed E-state index contributed by atoms with van der Waals surface area (Å²) >= 11 is 0. The van der Waals surface area contributed by atoms with Crippen LogP contribution in [-0.2, 0) is 19.5 Å². The average molecular weight is 467 g/mol. The van der Waals surface area contributed by atoms with Crippen LogP contribution in [0.25, 0.3) is 0 Å². The molecule has 8 nitrogen and oxygen atoms in total. The van der Waals surface area contributed by atoms with Crippen molar-refractivity contribution in [3.8, 4) is 0 Å². The number of hydrogen-bond donors (Lipinski definition) is 1. The molecule has 0 amide bonds. The number of sulfonamides is 1. The Morgan fingerprint density at radius 1 is 1.25 bits per heavy atom. The van der Waals surface area contributed by atoms with Crippen LogP contribution in [0, 0.1) is 19.7 Å². The molecule has 2 aromatic rings. The number of ketones is 1. The molecular formula is C22H27FN2O6S. The number of aromatic nitrogens is 1. The van der Waals surface area contributed by atoms with Crippen molar-refractivity contribution in [3.05, 3.63) is 52.6 Å². The van der Waals surface area contributed by atoms with Gasteiger partial charge in [-0.3, -0.25) is 4.79 Å². The van der Waals surface area contributed by atoms with Crippen LogP contribution in [0.2, 0.25) is 0 Å². The van der Waals surface area contributed by atoms with Crippen molar-refractivity contribution in [1.29, 1.82) is 0 Å². The number of aryl methyl sites for hydroxylation is 1. The minimum Gasteiger partial charge on any atom is -0.461 e. The highest BCUT2D eigenvalue weighted by atomic mass is 32.2. The fourth-order valence-electron chi connectivity index (χ4n) is 3.83. The molecule has 3 rings (SSSR count). The van der Waals surface area contributed by atoms with E-state index in [9.17, 15) is 22.4 Å². The second-order valence-electron chi connectivity index (χ2n) is 7.66. The lowest BCUT2D eigenvalue weighted by molar-refractivity contribution is 0.0519. The van der Waals surface area contributed by atoms with Crippen LogP contribution in [-0.4, -0.2) is 61.9 Å². The molecule has 174 valence electrons. The Bertz CT molecular complexity index is 1090. The van der Waals surface area contributed by atoms with Gasteiger partial charge in [-0.2, -0.15) is 4.31 Å². The third-order valence-electron chi connectivity index (χ3n) is 5.40. The molecule has 0 aliphatic carbocycles. The number of aromatic amines is 1. The first kappa shape index (κ1) is 24.1. The van der Waals surface area contributed by atoms with Crippen molar-refractivity contribution >= 4 is 21.8 Å². The number of nitrogens with one attached hydrogen (secondary N) is 1. The maximum Gasteiger partial charge on any atom is 0.355 e. The molecule has 1 aliphatic rings. The number of rotatable bonds is 9. The number of benzene rings is 1. The average Bonchev–Trinajstić information content (AvgIpc) is 3.35. The fraction of sp³-hybridized carbons (Fsp3) is 0.455. The van der Waals surface area contributed by atoms with Crippen molar-refractivity contribution in [2.24, 2.45) is 0 Å². The van der Waals surface area contributed by atoms with Gasteiger partial charge in [-0.25, -0.2) is 17.6 Å². The normalized spacial score (nSPS) is 16.5. The Morgan fingerprint density at radius 3 is 2.53 bits per heavy atom. The SMILES string of the molecule is CCOC(=O)c1[nH]c(C)c(C(=O)CN(CC2CCCO2)S(=O)(=O)c2ccc(F)cc2)c1C. The molecule has 1 atom stereocenters. The van der Waals surface area contributed by atoms with E-state index in [2.05, 4.69) is 4.98 Å². The topological polar surface area (TPSA) is 106 Å². The van der Waals surface area contributed by atoms with Gasteiger partial charge in [-0.1, -0.05) is 0 Å². The Hall–Kier alpha value is -2.56. The van der Waals surface area contributed by atoms with E-state index in [1.807, 2.05) is 0 Å². The van der Waals surface area contributed by atoms with E-state index in [4.69, 9.17) is 9.47 Å². The predicted octanol–water partition coefficient (Wildman–Crippen LogP) is 3.00. The molecule has 1 saturated heterocycles. The summed E-state index contributed by atoms with van der Waals surface area (Å²) in [5.74, 6) is -1.60. The van der Waals surface area contributed by atoms with Crippen LogP contribution < -0.4 is 0 Å². The number of nitrogens with zero attached hydrogens (tertiary/aromatic N) is 1. The largest absolute Gasteiger partial charge is 0.461 e. The Balaban J connectivity index is 1.92. The number of carbonyl (C=O) groups excluding carboxylic acids is 2. The van der Waals surface area contributed by atoms with Crippen molar-refractivity contribution in [3.63, 3.8) is 0 Å². The molecule has 1 fully saturated rings. The zero-order valence-electron chi connectivity index (χ0n) is 18.3. The smallest absolute Gasteiger partial charge is 0.355 e. The number of carbonyl (C=O) groups is 2. The van der Waals surface area contributed by atoms with Crippen molar-refractivity contribution in [2.75, 3.05) is 26.3 Å². The zero-order valence-corrected chi connectivity index (χ0v) is 19.1. The van der Waals surface area contributed by atoms with Gasteiger partial charge in [0.15, 0.2) is 5.78 Å². The van der Waals surface area contributed by atoms with E-state index in [1.54, 1.807) is 20.8 Å². The zero-order chi connectivity index (χ0) is 23.5. The summed E-state index contributed by atoms with van der Waals surface area (Å²) in [6.45, 7) is 5.20. The Labute approximate surface area is 186 Å². The summed E-state index contributed by atoms with van der Waals surface area (Å²) in [6, 6.07) is 4.46. The van der Waals surface area contributed by atoms with Crippen molar-refractivity contribution in [2.45, 2.75) is 44.6 Å². The van der Waals surface area contributed by atoms with Gasteiger partial charge in [0.25, 0.3) is 0 Å². The van der Waals surface area contributed by atoms with E-state index in [0.29, 0.717) is 24.3 Å². The predicted molar refractivity (Wildman–Crippen MR) is 115 cm³/mol. The summed E-state index contributed by atoms with van der Waals surface area (Å²) in [5, 5.41) is 0. The van der Waals surface area contributed by atoms with Crippen LogP contribution in [0.3, 0.4) is 0 Å². The summed E-state index contributed by atoms with van der Waals surface area (Å²) in [4.78, 5) is 28.1. The number of H-pyrrole nitrogens is 1. The summed E-state index contributed by atoms with van der Waals surface area (Å²) in [5.41, 5.74) is 1.27. The fourth-order valence-corrected chi connectivity index (χ4v) is 5.26. The van der Waals surface area contributed by atoms with Crippen molar-refractivity contribution < 1.29 is 31.9 Å². The number of esters is 1. The van der Waals surface area contributed by atoms with Gasteiger partial charge in [0, 0.05) is 24.4 Å². The standard InChI is InChI=1S/C22H27FN2O6S/c1-4-30-22(27)21-14(2)20(15(3)24-21)19(26)13-25(12-17-6-5-11-31-17)32(28,29)18-9-7-16(23)8-10-18/h7-10,17,24H,4-6,11-13H2,1-3H3. The molecule has 1 unspecified atom stereocenters. The van der Waals surface area contributed by atoms with Crippen LogP contribution in [0.15, 0.2) is 29.2 Å². The number of Topliss-reactive ketones (excluding diaryl/α,β-unsaturated/α-hetero) is 1. The Kier molecular flexibility index (Phi) is 7.47. The highest BCUT2D eigenvalue weighted by Crippen LogP contribution is 2.24. The van der Waals surface area contributed by atoms with Crippen molar-refractivity contribution in [1.82, 2.24) is 9.29 Å². The molecule has 10 heteroatoms. The van der Waals surface area contributed by atoms with Crippen LogP contribution in [0.5, 0.6) is 0 Å². The quantitative estimate of drug-likeness (QED) is 0.450. The highest BCUT2D eigenvalue weighted by molar-refractivity contribution is 7.89. The lowest BCUT2D eigenvalue weighted by Gasteiger charge is -2.24. The van der Waals surface area contributed by atoms with Gasteiger partial charge in [0.1, 0.15) is 11.5 Å². The first-order valence-electron chi connectivity index (χ1n) is 10.4. The maximum absolute atomic E-state index is 13.3. The molecule has 1 N–H and O–H groups in total. The third-order valence-corrected chi connectivity index (χ3v) is 7.22. The van der Waals surface area contributed by atoms with Crippen LogP contribution in [0.1, 0.15) is 51.9 Å². The van der Waals surface area contributed by atoms with Gasteiger partial charge in [-0.15, -0.1) is 0 Å². The first-order valence-corrected chi connectivity index (χ1v) is 11.9. The van der Waals surface area contributed by atoms with E-state index in [-0.39, 0.29) is 35.4 Å². The number of ether oxygens (including phenoxy) is 2. The molecule has 0 spiro atoms. The number of hydrogen-bond acceptors (Lipinski definition) is 6. The molecule has 0 radical (unpaired) electrons.